The van der Waals surface area contributed by atoms with Gasteiger partial charge in [0.2, 0.25) is 0 Å². The molecule has 0 radical (unpaired) electrons. The van der Waals surface area contributed by atoms with Gasteiger partial charge in [0, 0.05) is 0 Å². The van der Waals surface area contributed by atoms with Crippen molar-refractivity contribution in [1.29, 1.82) is 0 Å². The summed E-state index contributed by atoms with van der Waals surface area (Å²) in [5.74, 6) is 5.19. The third-order valence-electron chi connectivity index (χ3n) is 7.39. The van der Waals surface area contributed by atoms with E-state index >= 15 is 0 Å². The molecule has 4 fully saturated rings. The number of fused-ring (bicyclic) bond motifs is 3. The molecule has 0 amide bonds. The second kappa shape index (κ2) is 3.87. The third-order valence-corrected chi connectivity index (χ3v) is 7.39. The van der Waals surface area contributed by atoms with Gasteiger partial charge in [-0.2, -0.15) is 0 Å². The van der Waals surface area contributed by atoms with E-state index in [9.17, 15) is 0 Å². The van der Waals surface area contributed by atoms with Crippen LogP contribution < -0.4 is 0 Å². The fourth-order valence-electron chi connectivity index (χ4n) is 6.60. The first-order chi connectivity index (χ1) is 8.70. The van der Waals surface area contributed by atoms with Crippen LogP contribution in [0, 0.1) is 35.0 Å². The SMILES string of the molecule is C=C1CC23CCC4C(C)CCCC4C2CC[C@@H]1C3. The van der Waals surface area contributed by atoms with E-state index in [-0.39, 0.29) is 0 Å². The van der Waals surface area contributed by atoms with Crippen molar-refractivity contribution >= 4 is 0 Å². The van der Waals surface area contributed by atoms with Gasteiger partial charge in [-0.05, 0) is 80.0 Å². The highest BCUT2D eigenvalue weighted by molar-refractivity contribution is 5.19. The first kappa shape index (κ1) is 11.6. The topological polar surface area (TPSA) is 0 Å². The Kier molecular flexibility index (Phi) is 2.48. The Morgan fingerprint density at radius 2 is 1.94 bits per heavy atom. The average molecular weight is 244 g/mol. The van der Waals surface area contributed by atoms with Gasteiger partial charge in [-0.1, -0.05) is 31.9 Å². The van der Waals surface area contributed by atoms with Crippen LogP contribution in [0.15, 0.2) is 12.2 Å². The van der Waals surface area contributed by atoms with Gasteiger partial charge in [-0.3, -0.25) is 0 Å². The Labute approximate surface area is 112 Å². The quantitative estimate of drug-likeness (QED) is 0.514. The van der Waals surface area contributed by atoms with Gasteiger partial charge >= 0.3 is 0 Å². The van der Waals surface area contributed by atoms with E-state index in [0.717, 1.165) is 35.0 Å². The molecule has 6 atom stereocenters. The van der Waals surface area contributed by atoms with Gasteiger partial charge < -0.3 is 0 Å². The first-order valence-corrected chi connectivity index (χ1v) is 8.37. The minimum Gasteiger partial charge on any atom is -0.0996 e. The van der Waals surface area contributed by atoms with Crippen LogP contribution in [0.2, 0.25) is 0 Å². The summed E-state index contributed by atoms with van der Waals surface area (Å²) in [4.78, 5) is 0. The van der Waals surface area contributed by atoms with Crippen molar-refractivity contribution in [1.82, 2.24) is 0 Å². The zero-order valence-corrected chi connectivity index (χ0v) is 12.0. The first-order valence-electron chi connectivity index (χ1n) is 8.37. The van der Waals surface area contributed by atoms with E-state index < -0.39 is 0 Å². The van der Waals surface area contributed by atoms with E-state index in [4.69, 9.17) is 0 Å². The number of allylic oxidation sites excluding steroid dienone is 1. The third kappa shape index (κ3) is 1.44. The maximum Gasteiger partial charge on any atom is -0.0200 e. The highest BCUT2D eigenvalue weighted by Crippen LogP contribution is 2.66. The standard InChI is InChI=1S/C18H28/c1-12-4-3-5-16-15(12)8-9-18-10-13(2)14(11-18)6-7-17(16)18/h12,14-17H,2-11H2,1H3/t12?,14-,15?,16?,17?,18?/m1/s1. The molecule has 4 saturated carbocycles. The normalized spacial score (nSPS) is 54.9. The fourth-order valence-corrected chi connectivity index (χ4v) is 6.60. The van der Waals surface area contributed by atoms with Crippen LogP contribution in [0.3, 0.4) is 0 Å². The Bertz CT molecular complexity index is 368. The monoisotopic (exact) mass is 244 g/mol. The second-order valence-corrected chi connectivity index (χ2v) is 8.06. The zero-order chi connectivity index (χ0) is 12.3. The smallest absolute Gasteiger partial charge is 0.0200 e. The highest BCUT2D eigenvalue weighted by Gasteiger charge is 2.56. The molecule has 0 aliphatic heterocycles. The number of hydrogen-bond acceptors (Lipinski definition) is 0. The summed E-state index contributed by atoms with van der Waals surface area (Å²) < 4.78 is 0. The van der Waals surface area contributed by atoms with E-state index in [1.807, 2.05) is 0 Å². The van der Waals surface area contributed by atoms with Gasteiger partial charge in [0.05, 0.1) is 0 Å². The zero-order valence-electron chi connectivity index (χ0n) is 12.0. The number of hydrogen-bond donors (Lipinski definition) is 0. The molecule has 18 heavy (non-hydrogen) atoms. The van der Waals surface area contributed by atoms with E-state index in [1.54, 1.807) is 24.8 Å². The van der Waals surface area contributed by atoms with Gasteiger partial charge in [-0.15, -0.1) is 0 Å². The van der Waals surface area contributed by atoms with Crippen LogP contribution in [0.1, 0.15) is 64.7 Å². The molecule has 0 heteroatoms. The Morgan fingerprint density at radius 1 is 1.06 bits per heavy atom. The van der Waals surface area contributed by atoms with Gasteiger partial charge in [0.1, 0.15) is 0 Å². The molecule has 4 aliphatic rings. The molecule has 0 saturated heterocycles. The van der Waals surface area contributed by atoms with Crippen LogP contribution in [0.5, 0.6) is 0 Å². The lowest BCUT2D eigenvalue weighted by molar-refractivity contribution is -0.0550. The van der Waals surface area contributed by atoms with Crippen LogP contribution in [-0.2, 0) is 0 Å². The molecule has 4 rings (SSSR count). The van der Waals surface area contributed by atoms with Gasteiger partial charge in [0.15, 0.2) is 0 Å². The van der Waals surface area contributed by atoms with E-state index in [0.29, 0.717) is 0 Å². The van der Waals surface area contributed by atoms with Crippen LogP contribution >= 0.6 is 0 Å². The van der Waals surface area contributed by atoms with E-state index in [2.05, 4.69) is 13.5 Å². The molecular formula is C18H28. The van der Waals surface area contributed by atoms with Crippen molar-refractivity contribution in [2.24, 2.45) is 35.0 Å². The minimum absolute atomic E-state index is 0.734. The Hall–Kier alpha value is -0.260. The molecule has 5 unspecified atom stereocenters. The largest absolute Gasteiger partial charge is 0.0996 e. The lowest BCUT2D eigenvalue weighted by atomic mass is 9.50. The highest BCUT2D eigenvalue weighted by atomic mass is 14.6. The predicted molar refractivity (Wildman–Crippen MR) is 76.3 cm³/mol. The van der Waals surface area contributed by atoms with Gasteiger partial charge in [-0.25, -0.2) is 0 Å². The van der Waals surface area contributed by atoms with Crippen molar-refractivity contribution in [2.75, 3.05) is 0 Å². The van der Waals surface area contributed by atoms with Crippen molar-refractivity contribution in [3.63, 3.8) is 0 Å². The lowest BCUT2D eigenvalue weighted by Gasteiger charge is -2.55. The molecule has 100 valence electrons. The maximum atomic E-state index is 4.40. The Balaban J connectivity index is 1.66. The molecular weight excluding hydrogens is 216 g/mol. The lowest BCUT2D eigenvalue weighted by Crippen LogP contribution is -2.46. The molecule has 0 nitrogen and oxygen atoms in total. The molecule has 0 aromatic heterocycles. The van der Waals surface area contributed by atoms with Crippen molar-refractivity contribution in [2.45, 2.75) is 64.7 Å². The summed E-state index contributed by atoms with van der Waals surface area (Å²) in [6, 6.07) is 0. The Morgan fingerprint density at radius 3 is 2.83 bits per heavy atom. The van der Waals surface area contributed by atoms with Crippen molar-refractivity contribution in [3.05, 3.63) is 12.2 Å². The van der Waals surface area contributed by atoms with Gasteiger partial charge in [0.25, 0.3) is 0 Å². The van der Waals surface area contributed by atoms with Crippen LogP contribution in [0.25, 0.3) is 0 Å². The summed E-state index contributed by atoms with van der Waals surface area (Å²) in [6.07, 6.45) is 13.6. The summed E-state index contributed by atoms with van der Waals surface area (Å²) in [5.41, 5.74) is 2.36. The molecule has 4 aliphatic carbocycles. The molecule has 1 spiro atoms. The summed E-state index contributed by atoms with van der Waals surface area (Å²) >= 11 is 0. The molecule has 0 heterocycles. The molecule has 0 aromatic carbocycles. The summed E-state index contributed by atoms with van der Waals surface area (Å²) in [5, 5.41) is 0. The number of rotatable bonds is 0. The fraction of sp³-hybridized carbons (Fsp3) is 0.889. The maximum absolute atomic E-state index is 4.40. The average Bonchev–Trinajstić information content (AvgIpc) is 2.60. The van der Waals surface area contributed by atoms with Crippen LogP contribution in [0.4, 0.5) is 0 Å². The predicted octanol–water partition coefficient (Wildman–Crippen LogP) is 5.20. The van der Waals surface area contributed by atoms with Crippen molar-refractivity contribution in [3.8, 4) is 0 Å². The second-order valence-electron chi connectivity index (χ2n) is 8.06. The molecule has 0 aromatic rings. The summed E-state index contributed by atoms with van der Waals surface area (Å²) in [7, 11) is 0. The molecule has 2 bridgehead atoms. The minimum atomic E-state index is 0.734. The van der Waals surface area contributed by atoms with Crippen LogP contribution in [-0.4, -0.2) is 0 Å². The summed E-state index contributed by atoms with van der Waals surface area (Å²) in [6.45, 7) is 6.94. The van der Waals surface area contributed by atoms with Crippen molar-refractivity contribution < 1.29 is 0 Å². The molecule has 0 N–H and O–H groups in total. The van der Waals surface area contributed by atoms with E-state index in [1.165, 1.54) is 38.5 Å².